The van der Waals surface area contributed by atoms with Crippen molar-refractivity contribution in [2.45, 2.75) is 12.5 Å². The molecular weight excluding hydrogens is 286 g/mol. The van der Waals surface area contributed by atoms with Gasteiger partial charge in [-0.25, -0.2) is 0 Å². The monoisotopic (exact) mass is 305 g/mol. The Kier molecular flexibility index (Phi) is 5.48. The first kappa shape index (κ1) is 15.7. The van der Waals surface area contributed by atoms with Crippen LogP contribution in [0.3, 0.4) is 0 Å². The second kappa shape index (κ2) is 7.34. The number of benzene rings is 2. The van der Waals surface area contributed by atoms with Crippen molar-refractivity contribution in [1.29, 1.82) is 0 Å². The molecule has 1 atom stereocenters. The van der Waals surface area contributed by atoms with Crippen molar-refractivity contribution in [2.24, 2.45) is 0 Å². The predicted octanol–water partition coefficient (Wildman–Crippen LogP) is 3.86. The minimum atomic E-state index is 0.0947. The number of methoxy groups -OCH3 is 2. The summed E-state index contributed by atoms with van der Waals surface area (Å²) >= 11 is 5.94. The molecule has 0 aromatic heterocycles. The Morgan fingerprint density at radius 2 is 1.57 bits per heavy atom. The zero-order chi connectivity index (χ0) is 15.2. The Hall–Kier alpha value is -1.71. The third-order valence-electron chi connectivity index (χ3n) is 3.52. The summed E-state index contributed by atoms with van der Waals surface area (Å²) in [7, 11) is 5.28. The molecule has 0 spiro atoms. The molecule has 0 aliphatic rings. The molecule has 0 aliphatic heterocycles. The maximum absolute atomic E-state index is 5.94. The molecule has 0 amide bonds. The van der Waals surface area contributed by atoms with Gasteiger partial charge < -0.3 is 14.8 Å². The fourth-order valence-corrected chi connectivity index (χ4v) is 2.55. The molecular formula is C17H20ClNO2. The lowest BCUT2D eigenvalue weighted by Gasteiger charge is -2.22. The minimum absolute atomic E-state index is 0.0947. The highest BCUT2D eigenvalue weighted by atomic mass is 35.5. The van der Waals surface area contributed by atoms with Crippen molar-refractivity contribution in [3.63, 3.8) is 0 Å². The predicted molar refractivity (Wildman–Crippen MR) is 86.5 cm³/mol. The number of nitrogens with one attached hydrogen (secondary N) is 1. The molecule has 2 aromatic carbocycles. The lowest BCUT2D eigenvalue weighted by Crippen LogP contribution is -2.20. The van der Waals surface area contributed by atoms with Gasteiger partial charge in [-0.15, -0.1) is 0 Å². The fourth-order valence-electron chi connectivity index (χ4n) is 2.43. The number of rotatable bonds is 6. The first-order valence-electron chi connectivity index (χ1n) is 6.82. The average molecular weight is 306 g/mol. The third-order valence-corrected chi connectivity index (χ3v) is 3.77. The van der Waals surface area contributed by atoms with Gasteiger partial charge in [-0.05, 0) is 43.3 Å². The third kappa shape index (κ3) is 3.69. The standard InChI is InChI=1S/C17H20ClNO2/c1-19-14(11-12-7-9-13(18)10-8-12)17-15(20-2)5-4-6-16(17)21-3/h4-10,14,19H,11H2,1-3H3. The summed E-state index contributed by atoms with van der Waals surface area (Å²) in [6, 6.07) is 13.8. The van der Waals surface area contributed by atoms with Crippen LogP contribution in [0.15, 0.2) is 42.5 Å². The minimum Gasteiger partial charge on any atom is -0.496 e. The first-order chi connectivity index (χ1) is 10.2. The largest absolute Gasteiger partial charge is 0.496 e. The van der Waals surface area contributed by atoms with Gasteiger partial charge in [-0.3, -0.25) is 0 Å². The molecule has 3 nitrogen and oxygen atoms in total. The Morgan fingerprint density at radius 1 is 1.00 bits per heavy atom. The van der Waals surface area contributed by atoms with Gasteiger partial charge in [-0.2, -0.15) is 0 Å². The van der Waals surface area contributed by atoms with Crippen molar-refractivity contribution < 1.29 is 9.47 Å². The van der Waals surface area contributed by atoms with Crippen LogP contribution in [0.25, 0.3) is 0 Å². The number of ether oxygens (including phenoxy) is 2. The molecule has 112 valence electrons. The molecule has 1 N–H and O–H groups in total. The molecule has 0 fully saturated rings. The average Bonchev–Trinajstić information content (AvgIpc) is 2.53. The lowest BCUT2D eigenvalue weighted by atomic mass is 9.97. The maximum Gasteiger partial charge on any atom is 0.127 e. The van der Waals surface area contributed by atoms with Gasteiger partial charge in [0.15, 0.2) is 0 Å². The van der Waals surface area contributed by atoms with Crippen LogP contribution in [0, 0.1) is 0 Å². The van der Waals surface area contributed by atoms with Crippen LogP contribution in [0.4, 0.5) is 0 Å². The van der Waals surface area contributed by atoms with Gasteiger partial charge in [-0.1, -0.05) is 29.8 Å². The van der Waals surface area contributed by atoms with E-state index in [1.54, 1.807) is 14.2 Å². The highest BCUT2D eigenvalue weighted by Crippen LogP contribution is 2.35. The summed E-state index contributed by atoms with van der Waals surface area (Å²) in [5.74, 6) is 1.64. The maximum atomic E-state index is 5.94. The summed E-state index contributed by atoms with van der Waals surface area (Å²) in [4.78, 5) is 0. The van der Waals surface area contributed by atoms with Gasteiger partial charge in [0.2, 0.25) is 0 Å². The number of halogens is 1. The smallest absolute Gasteiger partial charge is 0.127 e. The van der Waals surface area contributed by atoms with E-state index in [2.05, 4.69) is 5.32 Å². The molecule has 0 aliphatic carbocycles. The van der Waals surface area contributed by atoms with E-state index in [0.29, 0.717) is 0 Å². The van der Waals surface area contributed by atoms with E-state index in [0.717, 1.165) is 28.5 Å². The van der Waals surface area contributed by atoms with Gasteiger partial charge in [0.1, 0.15) is 11.5 Å². The van der Waals surface area contributed by atoms with Crippen LogP contribution < -0.4 is 14.8 Å². The summed E-state index contributed by atoms with van der Waals surface area (Å²) in [6.07, 6.45) is 0.824. The van der Waals surface area contributed by atoms with Crippen LogP contribution in [0.1, 0.15) is 17.2 Å². The van der Waals surface area contributed by atoms with Gasteiger partial charge in [0, 0.05) is 11.1 Å². The van der Waals surface area contributed by atoms with Gasteiger partial charge >= 0.3 is 0 Å². The number of hydrogen-bond donors (Lipinski definition) is 1. The van der Waals surface area contributed by atoms with E-state index in [4.69, 9.17) is 21.1 Å². The van der Waals surface area contributed by atoms with Crippen LogP contribution in [0.5, 0.6) is 11.5 Å². The van der Waals surface area contributed by atoms with Crippen molar-refractivity contribution >= 4 is 11.6 Å². The van der Waals surface area contributed by atoms with Gasteiger partial charge in [0.05, 0.1) is 19.8 Å². The van der Waals surface area contributed by atoms with E-state index >= 15 is 0 Å². The topological polar surface area (TPSA) is 30.5 Å². The molecule has 4 heteroatoms. The van der Waals surface area contributed by atoms with Crippen molar-refractivity contribution in [2.75, 3.05) is 21.3 Å². The highest BCUT2D eigenvalue weighted by molar-refractivity contribution is 6.30. The number of likely N-dealkylation sites (N-methyl/N-ethyl adjacent to an activating group) is 1. The van der Waals surface area contributed by atoms with Crippen LogP contribution in [-0.2, 0) is 6.42 Å². The van der Waals surface area contributed by atoms with Crippen LogP contribution in [0.2, 0.25) is 5.02 Å². The summed E-state index contributed by atoms with van der Waals surface area (Å²) < 4.78 is 11.0. The Morgan fingerprint density at radius 3 is 2.05 bits per heavy atom. The van der Waals surface area contributed by atoms with Crippen molar-refractivity contribution in [1.82, 2.24) is 5.32 Å². The zero-order valence-corrected chi connectivity index (χ0v) is 13.3. The molecule has 0 radical (unpaired) electrons. The number of hydrogen-bond acceptors (Lipinski definition) is 3. The Bertz CT molecular complexity index is 562. The molecule has 1 unspecified atom stereocenters. The lowest BCUT2D eigenvalue weighted by molar-refractivity contribution is 0.373. The zero-order valence-electron chi connectivity index (χ0n) is 12.5. The normalized spacial score (nSPS) is 12.0. The Balaban J connectivity index is 2.34. The first-order valence-corrected chi connectivity index (χ1v) is 7.20. The van der Waals surface area contributed by atoms with Crippen molar-refractivity contribution in [3.05, 3.63) is 58.6 Å². The van der Waals surface area contributed by atoms with E-state index in [1.165, 1.54) is 5.56 Å². The Labute approximate surface area is 130 Å². The van der Waals surface area contributed by atoms with E-state index in [-0.39, 0.29) is 6.04 Å². The van der Waals surface area contributed by atoms with E-state index in [1.807, 2.05) is 49.5 Å². The molecule has 0 bridgehead atoms. The fraction of sp³-hybridized carbons (Fsp3) is 0.294. The SMILES string of the molecule is CNC(Cc1ccc(Cl)cc1)c1c(OC)cccc1OC. The molecule has 0 saturated heterocycles. The molecule has 21 heavy (non-hydrogen) atoms. The second-order valence-electron chi connectivity index (χ2n) is 4.75. The van der Waals surface area contributed by atoms with E-state index < -0.39 is 0 Å². The quantitative estimate of drug-likeness (QED) is 0.879. The molecule has 0 heterocycles. The second-order valence-corrected chi connectivity index (χ2v) is 5.18. The molecule has 2 aromatic rings. The summed E-state index contributed by atoms with van der Waals surface area (Å²) in [6.45, 7) is 0. The van der Waals surface area contributed by atoms with Crippen LogP contribution >= 0.6 is 11.6 Å². The summed E-state index contributed by atoms with van der Waals surface area (Å²) in [5, 5.41) is 4.08. The molecule has 2 rings (SSSR count). The van der Waals surface area contributed by atoms with Crippen LogP contribution in [-0.4, -0.2) is 21.3 Å². The molecule has 0 saturated carbocycles. The highest BCUT2D eigenvalue weighted by Gasteiger charge is 2.19. The van der Waals surface area contributed by atoms with Crippen molar-refractivity contribution in [3.8, 4) is 11.5 Å². The summed E-state index contributed by atoms with van der Waals surface area (Å²) in [5.41, 5.74) is 2.23. The van der Waals surface area contributed by atoms with Gasteiger partial charge in [0.25, 0.3) is 0 Å². The van der Waals surface area contributed by atoms with E-state index in [9.17, 15) is 0 Å².